The summed E-state index contributed by atoms with van der Waals surface area (Å²) in [6.07, 6.45) is 0. The van der Waals surface area contributed by atoms with Gasteiger partial charge in [-0.15, -0.1) is 0 Å². The van der Waals surface area contributed by atoms with Gasteiger partial charge in [-0.3, -0.25) is 4.79 Å². The first-order valence-electron chi connectivity index (χ1n) is 4.52. The van der Waals surface area contributed by atoms with Crippen LogP contribution in [0.15, 0.2) is 29.4 Å². The van der Waals surface area contributed by atoms with Crippen molar-refractivity contribution in [1.82, 2.24) is 4.42 Å². The zero-order valence-electron chi connectivity index (χ0n) is 8.38. The van der Waals surface area contributed by atoms with E-state index < -0.39 is 0 Å². The number of hydrogen-bond acceptors (Lipinski definition) is 3. The highest BCUT2D eigenvalue weighted by molar-refractivity contribution is 6.24. The molecule has 0 atom stereocenters. The fourth-order valence-electron chi connectivity index (χ4n) is 1.08. The Labute approximate surface area is 97.3 Å². The summed E-state index contributed by atoms with van der Waals surface area (Å²) in [6, 6.07) is 6.16. The molecule has 0 heterocycles. The van der Waals surface area contributed by atoms with Crippen molar-refractivity contribution in [3.8, 4) is 0 Å². The minimum atomic E-state index is -0.334. The molecule has 0 aliphatic heterocycles. The molecule has 0 saturated carbocycles. The van der Waals surface area contributed by atoms with E-state index >= 15 is 0 Å². The summed E-state index contributed by atoms with van der Waals surface area (Å²) in [6.45, 7) is 0.574. The average molecular weight is 240 g/mol. The van der Waals surface area contributed by atoms with Crippen molar-refractivity contribution in [1.29, 1.82) is 0 Å². The molecular weight excluding hydrogens is 230 g/mol. The van der Waals surface area contributed by atoms with E-state index in [1.165, 1.54) is 12.1 Å². The van der Waals surface area contributed by atoms with Crippen LogP contribution in [0, 0.1) is 0 Å². The zero-order valence-corrected chi connectivity index (χ0v) is 9.13. The number of rotatable bonds is 4. The van der Waals surface area contributed by atoms with Crippen molar-refractivity contribution < 1.29 is 4.79 Å². The Morgan fingerprint density at radius 3 is 2.62 bits per heavy atom. The highest BCUT2D eigenvalue weighted by Gasteiger charge is 2.12. The van der Waals surface area contributed by atoms with Gasteiger partial charge in [0.25, 0.3) is 5.91 Å². The van der Waals surface area contributed by atoms with Gasteiger partial charge in [0.05, 0.1) is 6.54 Å². The number of hydrogen-bond donors (Lipinski definition) is 1. The molecule has 0 radical (unpaired) electrons. The molecular formula is C9H10ClN5O. The Morgan fingerprint density at radius 1 is 1.50 bits per heavy atom. The summed E-state index contributed by atoms with van der Waals surface area (Å²) in [5.74, 6) is -0.334. The second-order valence-corrected chi connectivity index (χ2v) is 3.32. The fourth-order valence-corrected chi connectivity index (χ4v) is 1.27. The average Bonchev–Trinajstić information content (AvgIpc) is 2.30. The molecule has 16 heavy (non-hydrogen) atoms. The monoisotopic (exact) mass is 239 g/mol. The van der Waals surface area contributed by atoms with Crippen molar-refractivity contribution >= 4 is 23.4 Å². The quantitative estimate of drug-likeness (QED) is 0.377. The maximum atomic E-state index is 11.6. The summed E-state index contributed by atoms with van der Waals surface area (Å²) in [5.41, 5.74) is 14.3. The molecule has 0 aliphatic rings. The molecule has 1 aromatic rings. The van der Waals surface area contributed by atoms with Crippen LogP contribution in [0.4, 0.5) is 5.69 Å². The van der Waals surface area contributed by atoms with Gasteiger partial charge in [0.1, 0.15) is 0 Å². The second-order valence-electron chi connectivity index (χ2n) is 2.92. The summed E-state index contributed by atoms with van der Waals surface area (Å²) in [5, 5.41) is 3.39. The van der Waals surface area contributed by atoms with Gasteiger partial charge in [-0.1, -0.05) is 17.2 Å². The lowest BCUT2D eigenvalue weighted by atomic mass is 10.2. The van der Waals surface area contributed by atoms with Crippen LogP contribution in [0.1, 0.15) is 10.4 Å². The smallest absolute Gasteiger partial charge is 0.268 e. The van der Waals surface area contributed by atoms with Crippen LogP contribution in [0.2, 0.25) is 0 Å². The lowest BCUT2D eigenvalue weighted by Gasteiger charge is -2.12. The van der Waals surface area contributed by atoms with Gasteiger partial charge in [-0.25, -0.2) is 4.42 Å². The van der Waals surface area contributed by atoms with E-state index in [1.807, 2.05) is 0 Å². The summed E-state index contributed by atoms with van der Waals surface area (Å²) in [7, 11) is 0. The number of benzene rings is 1. The minimum Gasteiger partial charge on any atom is -0.329 e. The van der Waals surface area contributed by atoms with Crippen molar-refractivity contribution in [3.63, 3.8) is 0 Å². The first-order chi connectivity index (χ1) is 7.69. The Kier molecular flexibility index (Phi) is 4.60. The maximum absolute atomic E-state index is 11.6. The molecule has 1 rings (SSSR count). The van der Waals surface area contributed by atoms with Crippen LogP contribution < -0.4 is 5.73 Å². The van der Waals surface area contributed by atoms with Gasteiger partial charge in [-0.05, 0) is 17.7 Å². The number of azide groups is 1. The third-order valence-corrected chi connectivity index (χ3v) is 2.14. The van der Waals surface area contributed by atoms with Crippen molar-refractivity contribution in [2.24, 2.45) is 10.8 Å². The summed E-state index contributed by atoms with van der Waals surface area (Å²) >= 11 is 5.69. The third kappa shape index (κ3) is 3.13. The molecule has 0 unspecified atom stereocenters. The highest BCUT2D eigenvalue weighted by atomic mass is 35.5. The van der Waals surface area contributed by atoms with Crippen LogP contribution in [0.25, 0.3) is 10.4 Å². The molecule has 1 amide bonds. The Bertz CT molecular complexity index is 412. The molecule has 84 valence electrons. The molecule has 7 heteroatoms. The van der Waals surface area contributed by atoms with Gasteiger partial charge in [0, 0.05) is 34.5 Å². The van der Waals surface area contributed by atoms with E-state index in [2.05, 4.69) is 10.0 Å². The number of nitrogens with two attached hydrogens (primary N) is 1. The first kappa shape index (κ1) is 12.3. The minimum absolute atomic E-state index is 0.276. The Hall–Kier alpha value is -1.75. The maximum Gasteiger partial charge on any atom is 0.268 e. The van der Waals surface area contributed by atoms with Crippen molar-refractivity contribution in [3.05, 3.63) is 40.3 Å². The SMILES string of the molecule is [N-]=[N+]=Nc1ccc(C(=O)N(Cl)CCN)cc1. The zero-order chi connectivity index (χ0) is 12.0. The number of carbonyl (C=O) groups is 1. The molecule has 0 fully saturated rings. The fraction of sp³-hybridized carbons (Fsp3) is 0.222. The van der Waals surface area contributed by atoms with Crippen LogP contribution in [0.5, 0.6) is 0 Å². The molecule has 1 aromatic carbocycles. The first-order valence-corrected chi connectivity index (χ1v) is 4.85. The van der Waals surface area contributed by atoms with Gasteiger partial charge in [-0.2, -0.15) is 0 Å². The topological polar surface area (TPSA) is 95.1 Å². The van der Waals surface area contributed by atoms with Crippen LogP contribution >= 0.6 is 11.8 Å². The van der Waals surface area contributed by atoms with E-state index in [-0.39, 0.29) is 12.5 Å². The van der Waals surface area contributed by atoms with Crippen molar-refractivity contribution in [2.45, 2.75) is 0 Å². The highest BCUT2D eigenvalue weighted by Crippen LogP contribution is 2.15. The van der Waals surface area contributed by atoms with Crippen molar-refractivity contribution in [2.75, 3.05) is 13.1 Å². The van der Waals surface area contributed by atoms with E-state index in [0.717, 1.165) is 4.42 Å². The summed E-state index contributed by atoms with van der Waals surface area (Å²) in [4.78, 5) is 14.3. The standard InChI is InChI=1S/C9H10ClN5O/c10-15(6-5-11)9(16)7-1-3-8(4-2-7)13-14-12/h1-4H,5-6,11H2. The lowest BCUT2D eigenvalue weighted by Crippen LogP contribution is -2.27. The molecule has 0 aromatic heterocycles. The van der Waals surface area contributed by atoms with Gasteiger partial charge in [0.2, 0.25) is 0 Å². The van der Waals surface area contributed by atoms with Crippen LogP contribution in [-0.4, -0.2) is 23.4 Å². The molecule has 2 N–H and O–H groups in total. The van der Waals surface area contributed by atoms with Gasteiger partial charge < -0.3 is 5.73 Å². The van der Waals surface area contributed by atoms with Gasteiger partial charge >= 0.3 is 0 Å². The number of nitrogens with zero attached hydrogens (tertiary/aromatic N) is 4. The molecule has 0 spiro atoms. The Balaban J connectivity index is 2.81. The van der Waals surface area contributed by atoms with Crippen LogP contribution in [-0.2, 0) is 0 Å². The lowest BCUT2D eigenvalue weighted by molar-refractivity contribution is 0.0866. The van der Waals surface area contributed by atoms with E-state index in [1.54, 1.807) is 12.1 Å². The molecule has 0 saturated heterocycles. The second kappa shape index (κ2) is 5.97. The molecule has 0 aliphatic carbocycles. The van der Waals surface area contributed by atoms with E-state index in [9.17, 15) is 4.79 Å². The Morgan fingerprint density at radius 2 is 2.12 bits per heavy atom. The largest absolute Gasteiger partial charge is 0.329 e. The third-order valence-electron chi connectivity index (χ3n) is 1.82. The molecule has 6 nitrogen and oxygen atoms in total. The van der Waals surface area contributed by atoms with Crippen LogP contribution in [0.3, 0.4) is 0 Å². The molecule has 0 bridgehead atoms. The predicted octanol–water partition coefficient (Wildman–Crippen LogP) is 2.18. The number of carbonyl (C=O) groups excluding carboxylic acids is 1. The normalized spacial score (nSPS) is 9.38. The number of amides is 1. The number of halogens is 1. The predicted molar refractivity (Wildman–Crippen MR) is 61.2 cm³/mol. The van der Waals surface area contributed by atoms with E-state index in [4.69, 9.17) is 23.0 Å². The van der Waals surface area contributed by atoms with Gasteiger partial charge in [0.15, 0.2) is 0 Å². The van der Waals surface area contributed by atoms with E-state index in [0.29, 0.717) is 17.8 Å². The summed E-state index contributed by atoms with van der Waals surface area (Å²) < 4.78 is 1.02.